The Morgan fingerprint density at radius 3 is 2.80 bits per heavy atom. The Morgan fingerprint density at radius 2 is 2.10 bits per heavy atom. The molecule has 0 fully saturated rings. The first-order chi connectivity index (χ1) is 9.69. The number of thioether (sulfide) groups is 1. The average Bonchev–Trinajstić information content (AvgIpc) is 2.45. The van der Waals surface area contributed by atoms with Gasteiger partial charge in [-0.1, -0.05) is 12.8 Å². The molecule has 0 saturated heterocycles. The van der Waals surface area contributed by atoms with Crippen LogP contribution in [0.4, 0.5) is 5.69 Å². The van der Waals surface area contributed by atoms with Crippen LogP contribution in [0.1, 0.15) is 41.7 Å². The van der Waals surface area contributed by atoms with Crippen molar-refractivity contribution in [2.45, 2.75) is 32.6 Å². The minimum atomic E-state index is -0.130. The molecule has 0 bridgehead atoms. The molecule has 0 radical (unpaired) electrons. The first-order valence-corrected chi connectivity index (χ1v) is 8.28. The van der Waals surface area contributed by atoms with Crippen molar-refractivity contribution in [3.63, 3.8) is 0 Å². The number of pyridine rings is 1. The van der Waals surface area contributed by atoms with Crippen LogP contribution in [0.15, 0.2) is 12.3 Å². The van der Waals surface area contributed by atoms with Crippen molar-refractivity contribution in [2.75, 3.05) is 24.0 Å². The Balaban J connectivity index is 2.32. The number of hydrogen-bond acceptors (Lipinski definition) is 5. The monoisotopic (exact) mass is 296 g/mol. The molecule has 0 aromatic carbocycles. The molecule has 0 saturated carbocycles. The molecule has 1 aromatic heterocycles. The molecule has 112 valence electrons. The number of hydrazine groups is 1. The van der Waals surface area contributed by atoms with Gasteiger partial charge in [-0.2, -0.15) is 11.8 Å². The summed E-state index contributed by atoms with van der Waals surface area (Å²) in [6.45, 7) is 2.55. The zero-order valence-electron chi connectivity index (χ0n) is 12.2. The molecular formula is C14H24N4OS. The molecule has 6 heteroatoms. The number of carbonyl (C=O) groups excluding carboxylic acids is 1. The molecule has 1 heterocycles. The van der Waals surface area contributed by atoms with Crippen molar-refractivity contribution in [1.29, 1.82) is 0 Å². The van der Waals surface area contributed by atoms with E-state index < -0.39 is 0 Å². The Morgan fingerprint density at radius 1 is 1.35 bits per heavy atom. The van der Waals surface area contributed by atoms with Gasteiger partial charge in [-0.15, -0.1) is 0 Å². The predicted octanol–water partition coefficient (Wildman–Crippen LogP) is 2.33. The number of amides is 1. The Bertz CT molecular complexity index is 426. The summed E-state index contributed by atoms with van der Waals surface area (Å²) >= 11 is 1.88. The number of hydrogen-bond donors (Lipinski definition) is 3. The number of nitrogens with one attached hydrogen (secondary N) is 2. The number of unbranched alkanes of at least 4 members (excludes halogenated alkanes) is 3. The second-order valence-electron chi connectivity index (χ2n) is 4.68. The highest BCUT2D eigenvalue weighted by molar-refractivity contribution is 7.98. The largest absolute Gasteiger partial charge is 0.352 e. The van der Waals surface area contributed by atoms with Gasteiger partial charge in [0.1, 0.15) is 0 Å². The third-order valence-corrected chi connectivity index (χ3v) is 3.70. The molecule has 1 aromatic rings. The lowest BCUT2D eigenvalue weighted by molar-refractivity contribution is 0.0953. The third-order valence-electron chi connectivity index (χ3n) is 3.00. The summed E-state index contributed by atoms with van der Waals surface area (Å²) in [6.07, 6.45) is 8.30. The lowest BCUT2D eigenvalue weighted by Crippen LogP contribution is -2.26. The molecule has 4 N–H and O–H groups in total. The Hall–Kier alpha value is -1.27. The highest BCUT2D eigenvalue weighted by Gasteiger charge is 2.11. The van der Waals surface area contributed by atoms with Gasteiger partial charge < -0.3 is 10.7 Å². The summed E-state index contributed by atoms with van der Waals surface area (Å²) < 4.78 is 0. The van der Waals surface area contributed by atoms with E-state index in [4.69, 9.17) is 5.84 Å². The van der Waals surface area contributed by atoms with Crippen LogP contribution in [0.25, 0.3) is 0 Å². The van der Waals surface area contributed by atoms with Crippen molar-refractivity contribution in [1.82, 2.24) is 10.3 Å². The highest BCUT2D eigenvalue weighted by atomic mass is 32.2. The van der Waals surface area contributed by atoms with E-state index in [1.165, 1.54) is 18.6 Å². The summed E-state index contributed by atoms with van der Waals surface area (Å²) in [7, 11) is 0. The van der Waals surface area contributed by atoms with Crippen LogP contribution in [0.3, 0.4) is 0 Å². The zero-order valence-corrected chi connectivity index (χ0v) is 13.1. The molecule has 0 atom stereocenters. The number of anilines is 1. The first kappa shape index (κ1) is 16.8. The van der Waals surface area contributed by atoms with Crippen LogP contribution in [-0.2, 0) is 0 Å². The maximum atomic E-state index is 12.0. The minimum absolute atomic E-state index is 0.130. The molecule has 1 amide bonds. The van der Waals surface area contributed by atoms with Crippen LogP contribution in [-0.4, -0.2) is 29.4 Å². The number of nitrogens with zero attached hydrogens (tertiary/aromatic N) is 1. The summed E-state index contributed by atoms with van der Waals surface area (Å²) in [4.78, 5) is 16.1. The highest BCUT2D eigenvalue weighted by Crippen LogP contribution is 2.14. The van der Waals surface area contributed by atoms with Gasteiger partial charge in [0.05, 0.1) is 11.3 Å². The molecule has 0 aliphatic rings. The Labute approximate surface area is 125 Å². The second-order valence-corrected chi connectivity index (χ2v) is 5.66. The van der Waals surface area contributed by atoms with E-state index in [0.717, 1.165) is 18.5 Å². The smallest absolute Gasteiger partial charge is 0.255 e. The number of carbonyl (C=O) groups is 1. The summed E-state index contributed by atoms with van der Waals surface area (Å²) in [5.74, 6) is 6.51. The van der Waals surface area contributed by atoms with Crippen LogP contribution in [0.2, 0.25) is 0 Å². The van der Waals surface area contributed by atoms with E-state index >= 15 is 0 Å². The quantitative estimate of drug-likeness (QED) is 0.370. The molecule has 20 heavy (non-hydrogen) atoms. The first-order valence-electron chi connectivity index (χ1n) is 6.89. The molecule has 0 aliphatic carbocycles. The van der Waals surface area contributed by atoms with Gasteiger partial charge in [-0.3, -0.25) is 15.6 Å². The molecular weight excluding hydrogens is 272 g/mol. The molecule has 5 nitrogen and oxygen atoms in total. The molecule has 0 aliphatic heterocycles. The fourth-order valence-electron chi connectivity index (χ4n) is 1.88. The van der Waals surface area contributed by atoms with Crippen LogP contribution < -0.4 is 16.6 Å². The third kappa shape index (κ3) is 5.79. The molecule has 0 unspecified atom stereocenters. The maximum Gasteiger partial charge on any atom is 0.255 e. The van der Waals surface area contributed by atoms with Crippen molar-refractivity contribution in [3.8, 4) is 0 Å². The van der Waals surface area contributed by atoms with E-state index in [-0.39, 0.29) is 5.91 Å². The van der Waals surface area contributed by atoms with Gasteiger partial charge in [0.2, 0.25) is 0 Å². The number of aromatic nitrogens is 1. The minimum Gasteiger partial charge on any atom is -0.352 e. The average molecular weight is 296 g/mol. The second kappa shape index (κ2) is 9.61. The standard InChI is InChI=1S/C14H24N4OS/c1-11-9-13(18-15)12(10-17-11)14(19)16-7-5-3-4-6-8-20-2/h9-10H,3-8,15H2,1-2H3,(H,16,19)(H,17,18). The Kier molecular flexibility index (Phi) is 8.06. The van der Waals surface area contributed by atoms with Gasteiger partial charge >= 0.3 is 0 Å². The van der Waals surface area contributed by atoms with E-state index in [2.05, 4.69) is 22.0 Å². The van der Waals surface area contributed by atoms with Crippen LogP contribution >= 0.6 is 11.8 Å². The lowest BCUT2D eigenvalue weighted by atomic mass is 10.2. The van der Waals surface area contributed by atoms with Crippen molar-refractivity contribution in [2.24, 2.45) is 5.84 Å². The molecule has 1 rings (SSSR count). The van der Waals surface area contributed by atoms with Gasteiger partial charge in [0.15, 0.2) is 0 Å². The van der Waals surface area contributed by atoms with Crippen LogP contribution in [0, 0.1) is 6.92 Å². The number of nitrogens with two attached hydrogens (primary N) is 1. The SMILES string of the molecule is CSCCCCCCNC(=O)c1cnc(C)cc1NN. The van der Waals surface area contributed by atoms with Gasteiger partial charge in [-0.05, 0) is 37.8 Å². The normalized spacial score (nSPS) is 10.3. The summed E-state index contributed by atoms with van der Waals surface area (Å²) in [6, 6.07) is 1.76. The fraction of sp³-hybridized carbons (Fsp3) is 0.571. The number of rotatable bonds is 9. The number of nitrogen functional groups attached to an aromatic ring is 1. The van der Waals surface area contributed by atoms with E-state index in [9.17, 15) is 4.79 Å². The maximum absolute atomic E-state index is 12.0. The van der Waals surface area contributed by atoms with E-state index in [1.807, 2.05) is 18.7 Å². The van der Waals surface area contributed by atoms with Gasteiger partial charge in [-0.25, -0.2) is 0 Å². The van der Waals surface area contributed by atoms with Crippen molar-refractivity contribution < 1.29 is 4.79 Å². The molecule has 0 spiro atoms. The van der Waals surface area contributed by atoms with Crippen molar-refractivity contribution >= 4 is 23.4 Å². The summed E-state index contributed by atoms with van der Waals surface area (Å²) in [5.41, 5.74) is 4.45. The zero-order chi connectivity index (χ0) is 14.8. The van der Waals surface area contributed by atoms with Gasteiger partial charge in [0, 0.05) is 18.4 Å². The fourth-order valence-corrected chi connectivity index (χ4v) is 2.38. The topological polar surface area (TPSA) is 80.0 Å². The summed E-state index contributed by atoms with van der Waals surface area (Å²) in [5, 5.41) is 2.90. The predicted molar refractivity (Wildman–Crippen MR) is 86.0 cm³/mol. The van der Waals surface area contributed by atoms with Gasteiger partial charge in [0.25, 0.3) is 5.91 Å². The van der Waals surface area contributed by atoms with Crippen molar-refractivity contribution in [3.05, 3.63) is 23.5 Å². The number of aryl methyl sites for hydroxylation is 1. The van der Waals surface area contributed by atoms with E-state index in [0.29, 0.717) is 17.8 Å². The van der Waals surface area contributed by atoms with E-state index in [1.54, 1.807) is 12.3 Å². The lowest BCUT2D eigenvalue weighted by Gasteiger charge is -2.10. The van der Waals surface area contributed by atoms with Crippen LogP contribution in [0.5, 0.6) is 0 Å².